The Balaban J connectivity index is 2.74. The van der Waals surface area contributed by atoms with Crippen molar-refractivity contribution in [3.8, 4) is 0 Å². The number of nitrogens with one attached hydrogen (secondary N) is 1. The van der Waals surface area contributed by atoms with Gasteiger partial charge in [0.05, 0.1) is 0 Å². The minimum atomic E-state index is 0.436. The van der Waals surface area contributed by atoms with E-state index in [0.29, 0.717) is 11.2 Å². The molecule has 1 heterocycles. The minimum absolute atomic E-state index is 0.436. The molecule has 0 aliphatic rings. The number of hydrogen-bond donors (Lipinski definition) is 1. The molecule has 0 amide bonds. The van der Waals surface area contributed by atoms with Crippen molar-refractivity contribution < 1.29 is 0 Å². The van der Waals surface area contributed by atoms with Crippen molar-refractivity contribution in [1.29, 1.82) is 0 Å². The van der Waals surface area contributed by atoms with E-state index in [-0.39, 0.29) is 0 Å². The number of thioether (sulfide) groups is 1. The summed E-state index contributed by atoms with van der Waals surface area (Å²) in [5.41, 5.74) is 0. The highest BCUT2D eigenvalue weighted by atomic mass is 35.5. The Morgan fingerprint density at radius 3 is 2.75 bits per heavy atom. The van der Waals surface area contributed by atoms with E-state index in [2.05, 4.69) is 28.5 Å². The maximum absolute atomic E-state index is 5.94. The van der Waals surface area contributed by atoms with Crippen LogP contribution in [0.2, 0.25) is 5.15 Å². The Bertz CT molecular complexity index is 333. The molecule has 0 radical (unpaired) electrons. The van der Waals surface area contributed by atoms with E-state index in [1.54, 1.807) is 6.07 Å². The third kappa shape index (κ3) is 4.18. The van der Waals surface area contributed by atoms with Gasteiger partial charge in [-0.2, -0.15) is 11.8 Å². The quantitative estimate of drug-likeness (QED) is 0.796. The molecule has 0 saturated carbocycles. The number of aryl methyl sites for hydroxylation is 1. The summed E-state index contributed by atoms with van der Waals surface area (Å²) in [6.07, 6.45) is 3.98. The molecule has 0 aromatic carbocycles. The highest BCUT2D eigenvalue weighted by Gasteiger charge is 2.08. The van der Waals surface area contributed by atoms with Crippen molar-refractivity contribution in [1.82, 2.24) is 9.97 Å². The fraction of sp³-hybridized carbons (Fsp3) is 0.636. The summed E-state index contributed by atoms with van der Waals surface area (Å²) in [6, 6.07) is 2.22. The smallest absolute Gasteiger partial charge is 0.134 e. The lowest BCUT2D eigenvalue weighted by Crippen LogP contribution is -2.22. The van der Waals surface area contributed by atoms with Gasteiger partial charge in [0.15, 0.2) is 0 Å². The summed E-state index contributed by atoms with van der Waals surface area (Å²) in [4.78, 5) is 8.55. The van der Waals surface area contributed by atoms with E-state index in [1.165, 1.54) is 0 Å². The van der Waals surface area contributed by atoms with Crippen LogP contribution in [0.1, 0.15) is 26.1 Å². The van der Waals surface area contributed by atoms with Crippen molar-refractivity contribution in [2.24, 2.45) is 0 Å². The number of nitrogens with zero attached hydrogens (tertiary/aromatic N) is 2. The topological polar surface area (TPSA) is 37.8 Å². The van der Waals surface area contributed by atoms with Crippen LogP contribution in [0.4, 0.5) is 5.82 Å². The van der Waals surface area contributed by atoms with Gasteiger partial charge in [-0.05, 0) is 12.7 Å². The lowest BCUT2D eigenvalue weighted by Gasteiger charge is -2.16. The van der Waals surface area contributed by atoms with E-state index in [0.717, 1.165) is 30.2 Å². The fourth-order valence-electron chi connectivity index (χ4n) is 1.37. The average molecular weight is 260 g/mol. The summed E-state index contributed by atoms with van der Waals surface area (Å²) in [5.74, 6) is 2.69. The first-order chi connectivity index (χ1) is 7.69. The van der Waals surface area contributed by atoms with Crippen molar-refractivity contribution >= 4 is 29.2 Å². The molecular formula is C11H18ClN3S. The summed E-state index contributed by atoms with van der Waals surface area (Å²) >= 11 is 7.76. The second-order valence-electron chi connectivity index (χ2n) is 3.55. The zero-order valence-electron chi connectivity index (χ0n) is 9.96. The van der Waals surface area contributed by atoms with Gasteiger partial charge in [0.25, 0.3) is 0 Å². The van der Waals surface area contributed by atoms with Crippen LogP contribution in [0, 0.1) is 0 Å². The van der Waals surface area contributed by atoms with E-state index >= 15 is 0 Å². The molecule has 0 fully saturated rings. The Morgan fingerprint density at radius 1 is 1.44 bits per heavy atom. The summed E-state index contributed by atoms with van der Waals surface area (Å²) in [6.45, 7) is 4.19. The van der Waals surface area contributed by atoms with Gasteiger partial charge in [0, 0.05) is 24.3 Å². The Hall–Kier alpha value is -0.480. The Kier molecular flexibility index (Phi) is 5.91. The van der Waals surface area contributed by atoms with Gasteiger partial charge in [-0.1, -0.05) is 25.4 Å². The van der Waals surface area contributed by atoms with Crippen LogP contribution in [-0.4, -0.2) is 28.0 Å². The van der Waals surface area contributed by atoms with Crippen LogP contribution >= 0.6 is 23.4 Å². The molecule has 16 heavy (non-hydrogen) atoms. The monoisotopic (exact) mass is 259 g/mol. The van der Waals surface area contributed by atoms with Crippen molar-refractivity contribution in [2.45, 2.75) is 32.7 Å². The second-order valence-corrected chi connectivity index (χ2v) is 4.85. The number of anilines is 1. The normalized spacial score (nSPS) is 12.5. The Labute approximate surface area is 106 Å². The fourth-order valence-corrected chi connectivity index (χ4v) is 2.29. The van der Waals surface area contributed by atoms with Gasteiger partial charge in [0.2, 0.25) is 0 Å². The SMILES string of the molecule is CCc1nc(Cl)cc(NC(CC)CSC)n1. The molecule has 0 aliphatic heterocycles. The first-order valence-corrected chi connectivity index (χ1v) is 7.25. The molecule has 1 aromatic rings. The first kappa shape index (κ1) is 13.6. The summed E-state index contributed by atoms with van der Waals surface area (Å²) in [5, 5.41) is 3.90. The third-order valence-corrected chi connectivity index (χ3v) is 3.20. The van der Waals surface area contributed by atoms with Crippen molar-refractivity contribution in [3.63, 3.8) is 0 Å². The van der Waals surface area contributed by atoms with Crippen LogP contribution in [0.25, 0.3) is 0 Å². The predicted octanol–water partition coefficient (Wildman–Crippen LogP) is 3.25. The molecular weight excluding hydrogens is 242 g/mol. The zero-order valence-corrected chi connectivity index (χ0v) is 11.5. The third-order valence-electron chi connectivity index (χ3n) is 2.27. The number of rotatable bonds is 6. The average Bonchev–Trinajstić information content (AvgIpc) is 2.27. The van der Waals surface area contributed by atoms with Gasteiger partial charge in [-0.15, -0.1) is 0 Å². The van der Waals surface area contributed by atoms with Crippen LogP contribution in [0.5, 0.6) is 0 Å². The zero-order chi connectivity index (χ0) is 12.0. The molecule has 1 rings (SSSR count). The molecule has 90 valence electrons. The predicted molar refractivity (Wildman–Crippen MR) is 72.5 cm³/mol. The molecule has 5 heteroatoms. The van der Waals surface area contributed by atoms with Gasteiger partial charge in [-0.3, -0.25) is 0 Å². The highest BCUT2D eigenvalue weighted by Crippen LogP contribution is 2.14. The molecule has 1 unspecified atom stereocenters. The summed E-state index contributed by atoms with van der Waals surface area (Å²) in [7, 11) is 0. The van der Waals surface area contributed by atoms with Crippen molar-refractivity contribution in [2.75, 3.05) is 17.3 Å². The molecule has 0 spiro atoms. The molecule has 1 atom stereocenters. The van der Waals surface area contributed by atoms with Gasteiger partial charge < -0.3 is 5.32 Å². The van der Waals surface area contributed by atoms with Gasteiger partial charge in [-0.25, -0.2) is 9.97 Å². The first-order valence-electron chi connectivity index (χ1n) is 5.48. The second kappa shape index (κ2) is 6.97. The lowest BCUT2D eigenvalue weighted by molar-refractivity contribution is 0.765. The molecule has 1 N–H and O–H groups in total. The van der Waals surface area contributed by atoms with Crippen LogP contribution in [0.3, 0.4) is 0 Å². The van der Waals surface area contributed by atoms with Crippen LogP contribution in [0.15, 0.2) is 6.07 Å². The largest absolute Gasteiger partial charge is 0.366 e. The highest BCUT2D eigenvalue weighted by molar-refractivity contribution is 7.98. The molecule has 1 aromatic heterocycles. The number of halogens is 1. The number of aromatic nitrogens is 2. The molecule has 0 aliphatic carbocycles. The van der Waals surface area contributed by atoms with E-state index in [9.17, 15) is 0 Å². The van der Waals surface area contributed by atoms with Crippen molar-refractivity contribution in [3.05, 3.63) is 17.0 Å². The standard InChI is InChI=1S/C11H18ClN3S/c1-4-8(7-16-3)13-11-6-9(12)14-10(5-2)15-11/h6,8H,4-5,7H2,1-3H3,(H,13,14,15). The van der Waals surface area contributed by atoms with E-state index in [1.807, 2.05) is 18.7 Å². The molecule has 0 bridgehead atoms. The maximum Gasteiger partial charge on any atom is 0.134 e. The minimum Gasteiger partial charge on any atom is -0.366 e. The van der Waals surface area contributed by atoms with Gasteiger partial charge >= 0.3 is 0 Å². The van der Waals surface area contributed by atoms with E-state index in [4.69, 9.17) is 11.6 Å². The number of hydrogen-bond acceptors (Lipinski definition) is 4. The molecule has 0 saturated heterocycles. The van der Waals surface area contributed by atoms with Crippen LogP contribution in [-0.2, 0) is 6.42 Å². The lowest BCUT2D eigenvalue weighted by atomic mass is 10.2. The summed E-state index contributed by atoms with van der Waals surface area (Å²) < 4.78 is 0. The van der Waals surface area contributed by atoms with Gasteiger partial charge in [0.1, 0.15) is 16.8 Å². The van der Waals surface area contributed by atoms with Crippen LogP contribution < -0.4 is 5.32 Å². The van der Waals surface area contributed by atoms with E-state index < -0.39 is 0 Å². The molecule has 3 nitrogen and oxygen atoms in total. The Morgan fingerprint density at radius 2 is 2.19 bits per heavy atom. The maximum atomic E-state index is 5.94.